The quantitative estimate of drug-likeness (QED) is 0.642. The highest BCUT2D eigenvalue weighted by Gasteiger charge is 2.17. The van der Waals surface area contributed by atoms with Crippen LogP contribution in [0.5, 0.6) is 5.75 Å². The van der Waals surface area contributed by atoms with E-state index in [2.05, 4.69) is 15.3 Å². The number of ether oxygens (including phenoxy) is 1. The van der Waals surface area contributed by atoms with Crippen LogP contribution in [-0.2, 0) is 17.6 Å². The number of anilines is 1. The van der Waals surface area contributed by atoms with Crippen LogP contribution in [0.2, 0.25) is 0 Å². The standard InChI is InChI=1S/C17H19N3O3S/c1-10-6-7-14(23-2)13(8-10)18-15(21)9-24-17-19-12-5-3-4-11(12)16(22)20-17/h6-8H,3-5,9H2,1-2H3,(H,18,21)(H,19,20,22). The number of aromatic nitrogens is 2. The first-order valence-electron chi connectivity index (χ1n) is 7.76. The third kappa shape index (κ3) is 3.62. The van der Waals surface area contributed by atoms with Crippen molar-refractivity contribution in [1.82, 2.24) is 9.97 Å². The lowest BCUT2D eigenvalue weighted by molar-refractivity contribution is -0.113. The topological polar surface area (TPSA) is 84.1 Å². The lowest BCUT2D eigenvalue weighted by Gasteiger charge is -2.11. The second-order valence-electron chi connectivity index (χ2n) is 5.69. The molecule has 1 aromatic carbocycles. The Morgan fingerprint density at radius 1 is 1.42 bits per heavy atom. The molecule has 2 N–H and O–H groups in total. The number of methoxy groups -OCH3 is 1. The van der Waals surface area contributed by atoms with E-state index in [1.165, 1.54) is 11.8 Å². The lowest BCUT2D eigenvalue weighted by atomic mass is 10.2. The summed E-state index contributed by atoms with van der Waals surface area (Å²) in [4.78, 5) is 31.3. The van der Waals surface area contributed by atoms with Crippen molar-refractivity contribution < 1.29 is 9.53 Å². The van der Waals surface area contributed by atoms with Crippen molar-refractivity contribution in [1.29, 1.82) is 0 Å². The van der Waals surface area contributed by atoms with Crippen molar-refractivity contribution in [2.24, 2.45) is 0 Å². The molecule has 24 heavy (non-hydrogen) atoms. The van der Waals surface area contributed by atoms with E-state index in [1.807, 2.05) is 25.1 Å². The van der Waals surface area contributed by atoms with Gasteiger partial charge in [-0.1, -0.05) is 17.8 Å². The average molecular weight is 345 g/mol. The minimum atomic E-state index is -0.174. The van der Waals surface area contributed by atoms with Gasteiger partial charge in [-0.25, -0.2) is 4.98 Å². The predicted molar refractivity (Wildman–Crippen MR) is 94.0 cm³/mol. The summed E-state index contributed by atoms with van der Waals surface area (Å²) in [5, 5.41) is 3.33. The van der Waals surface area contributed by atoms with Crippen LogP contribution in [0.4, 0.5) is 5.69 Å². The van der Waals surface area contributed by atoms with Crippen LogP contribution in [0.15, 0.2) is 28.2 Å². The molecule has 0 aliphatic heterocycles. The number of fused-ring (bicyclic) bond motifs is 1. The summed E-state index contributed by atoms with van der Waals surface area (Å²) in [7, 11) is 1.56. The van der Waals surface area contributed by atoms with Crippen LogP contribution in [0.25, 0.3) is 0 Å². The number of nitrogens with zero attached hydrogens (tertiary/aromatic N) is 1. The van der Waals surface area contributed by atoms with Crippen LogP contribution < -0.4 is 15.6 Å². The SMILES string of the molecule is COc1ccc(C)cc1NC(=O)CSc1nc2c(c(=O)[nH]1)CCC2. The molecule has 1 aliphatic rings. The smallest absolute Gasteiger partial charge is 0.254 e. The van der Waals surface area contributed by atoms with Crippen molar-refractivity contribution in [3.05, 3.63) is 45.4 Å². The van der Waals surface area contributed by atoms with Gasteiger partial charge >= 0.3 is 0 Å². The zero-order valence-corrected chi connectivity index (χ0v) is 14.5. The number of aromatic amines is 1. The number of amides is 1. The highest BCUT2D eigenvalue weighted by molar-refractivity contribution is 7.99. The van der Waals surface area contributed by atoms with Crippen LogP contribution in [-0.4, -0.2) is 28.7 Å². The molecule has 2 aromatic rings. The Morgan fingerprint density at radius 2 is 2.25 bits per heavy atom. The van der Waals surface area contributed by atoms with Crippen LogP contribution in [0.3, 0.4) is 0 Å². The van der Waals surface area contributed by atoms with Crippen LogP contribution in [0, 0.1) is 6.92 Å². The summed E-state index contributed by atoms with van der Waals surface area (Å²) in [5.74, 6) is 0.605. The Bertz CT molecular complexity index is 832. The molecule has 0 atom stereocenters. The normalized spacial score (nSPS) is 12.8. The number of hydrogen-bond donors (Lipinski definition) is 2. The van der Waals surface area contributed by atoms with Gasteiger partial charge in [-0.3, -0.25) is 9.59 Å². The molecule has 1 aromatic heterocycles. The van der Waals surface area contributed by atoms with Crippen LogP contribution in [0.1, 0.15) is 23.2 Å². The number of carbonyl (C=O) groups excluding carboxylic acids is 1. The van der Waals surface area contributed by atoms with Gasteiger partial charge in [0.1, 0.15) is 5.75 Å². The molecule has 6 nitrogen and oxygen atoms in total. The maximum Gasteiger partial charge on any atom is 0.254 e. The Kier molecular flexibility index (Phi) is 4.89. The number of benzene rings is 1. The monoisotopic (exact) mass is 345 g/mol. The molecule has 0 saturated heterocycles. The molecule has 3 rings (SSSR count). The number of carbonyl (C=O) groups is 1. The molecule has 1 amide bonds. The van der Waals surface area contributed by atoms with Gasteiger partial charge in [-0.05, 0) is 43.9 Å². The fraction of sp³-hybridized carbons (Fsp3) is 0.353. The maximum atomic E-state index is 12.2. The van der Waals surface area contributed by atoms with E-state index in [4.69, 9.17) is 4.74 Å². The molecule has 0 spiro atoms. The number of thioether (sulfide) groups is 1. The Balaban J connectivity index is 1.65. The van der Waals surface area contributed by atoms with Crippen molar-refractivity contribution in [2.75, 3.05) is 18.2 Å². The van der Waals surface area contributed by atoms with Gasteiger partial charge in [0.05, 0.1) is 24.2 Å². The molecular weight excluding hydrogens is 326 g/mol. The number of rotatable bonds is 5. The predicted octanol–water partition coefficient (Wildman–Crippen LogP) is 2.31. The van der Waals surface area contributed by atoms with E-state index in [9.17, 15) is 9.59 Å². The van der Waals surface area contributed by atoms with Crippen LogP contribution >= 0.6 is 11.8 Å². The minimum absolute atomic E-state index is 0.0826. The first-order valence-corrected chi connectivity index (χ1v) is 8.74. The van der Waals surface area contributed by atoms with Gasteiger partial charge in [-0.15, -0.1) is 0 Å². The lowest BCUT2D eigenvalue weighted by Crippen LogP contribution is -2.18. The molecule has 0 radical (unpaired) electrons. The number of aryl methyl sites for hydroxylation is 2. The fourth-order valence-electron chi connectivity index (χ4n) is 2.73. The van der Waals surface area contributed by atoms with Gasteiger partial charge in [0.2, 0.25) is 5.91 Å². The van der Waals surface area contributed by atoms with E-state index in [-0.39, 0.29) is 17.2 Å². The van der Waals surface area contributed by atoms with Gasteiger partial charge in [0, 0.05) is 5.56 Å². The summed E-state index contributed by atoms with van der Waals surface area (Å²) >= 11 is 1.23. The van der Waals surface area contributed by atoms with Gasteiger partial charge in [0.15, 0.2) is 5.16 Å². The second kappa shape index (κ2) is 7.09. The second-order valence-corrected chi connectivity index (χ2v) is 6.65. The molecule has 126 valence electrons. The fourth-order valence-corrected chi connectivity index (χ4v) is 3.41. The van der Waals surface area contributed by atoms with Gasteiger partial charge in [-0.2, -0.15) is 0 Å². The summed E-state index contributed by atoms with van der Waals surface area (Å²) in [6, 6.07) is 5.59. The number of hydrogen-bond acceptors (Lipinski definition) is 5. The number of H-pyrrole nitrogens is 1. The first-order chi connectivity index (χ1) is 11.6. The molecular formula is C17H19N3O3S. The molecule has 1 aliphatic carbocycles. The minimum Gasteiger partial charge on any atom is -0.495 e. The Hall–Kier alpha value is -2.28. The highest BCUT2D eigenvalue weighted by Crippen LogP contribution is 2.26. The first kappa shape index (κ1) is 16.6. The molecule has 0 unspecified atom stereocenters. The Labute approximate surface area is 144 Å². The van der Waals surface area contributed by atoms with Crippen molar-refractivity contribution >= 4 is 23.4 Å². The molecule has 0 saturated carbocycles. The third-order valence-corrected chi connectivity index (χ3v) is 4.76. The van der Waals surface area contributed by atoms with E-state index in [0.29, 0.717) is 16.6 Å². The summed E-state index contributed by atoms with van der Waals surface area (Å²) in [5.41, 5.74) is 3.23. The summed E-state index contributed by atoms with van der Waals surface area (Å²) in [6.45, 7) is 1.95. The number of nitrogens with one attached hydrogen (secondary N) is 2. The zero-order chi connectivity index (χ0) is 17.1. The summed E-state index contributed by atoms with van der Waals surface area (Å²) in [6.07, 6.45) is 2.59. The van der Waals surface area contributed by atoms with Crippen molar-refractivity contribution in [3.8, 4) is 5.75 Å². The van der Waals surface area contributed by atoms with E-state index < -0.39 is 0 Å². The third-order valence-electron chi connectivity index (χ3n) is 3.89. The van der Waals surface area contributed by atoms with Crippen molar-refractivity contribution in [2.45, 2.75) is 31.3 Å². The summed E-state index contributed by atoms with van der Waals surface area (Å²) < 4.78 is 5.25. The average Bonchev–Trinajstić information content (AvgIpc) is 3.02. The molecule has 7 heteroatoms. The van der Waals surface area contributed by atoms with E-state index >= 15 is 0 Å². The molecule has 0 bridgehead atoms. The molecule has 1 heterocycles. The Morgan fingerprint density at radius 3 is 3.04 bits per heavy atom. The highest BCUT2D eigenvalue weighted by atomic mass is 32.2. The maximum absolute atomic E-state index is 12.2. The zero-order valence-electron chi connectivity index (χ0n) is 13.6. The largest absolute Gasteiger partial charge is 0.495 e. The molecule has 0 fully saturated rings. The van der Waals surface area contributed by atoms with Crippen molar-refractivity contribution in [3.63, 3.8) is 0 Å². The van der Waals surface area contributed by atoms with Gasteiger partial charge in [0.25, 0.3) is 5.56 Å². The van der Waals surface area contributed by atoms with E-state index in [0.717, 1.165) is 36.1 Å². The van der Waals surface area contributed by atoms with E-state index in [1.54, 1.807) is 7.11 Å². The van der Waals surface area contributed by atoms with Gasteiger partial charge < -0.3 is 15.0 Å².